The Kier molecular flexibility index (Phi) is 16.3. The number of carbonyl (C=O) groups is 2. The first-order valence-corrected chi connectivity index (χ1v) is 14.4. The van der Waals surface area contributed by atoms with E-state index >= 15 is 0 Å². The smallest absolute Gasteiger partial charge is 0.0839 e. The second-order valence-corrected chi connectivity index (χ2v) is 12.7. The van der Waals surface area contributed by atoms with Crippen LogP contribution in [0.15, 0.2) is 24.3 Å². The van der Waals surface area contributed by atoms with E-state index in [0.717, 1.165) is 24.3 Å². The van der Waals surface area contributed by atoms with E-state index < -0.39 is 11.9 Å². The quantitative estimate of drug-likeness (QED) is 0.381. The van der Waals surface area contributed by atoms with Crippen LogP contribution >= 0.6 is 0 Å². The molecule has 0 aliphatic rings. The van der Waals surface area contributed by atoms with Crippen molar-refractivity contribution in [2.45, 2.75) is 159 Å². The molecule has 0 aliphatic carbocycles. The SMILES string of the molecule is CC(C)[N+](C(C)C)(C(C)C)C(C)C.CC(C)[N+](C(C)C)(C(C)C)C(C)C.O=C([O-])c1ccc(C(=O)[O-])cc1. The van der Waals surface area contributed by atoms with Crippen LogP contribution in [0, 0.1) is 0 Å². The molecule has 0 heterocycles. The second-order valence-electron chi connectivity index (χ2n) is 12.7. The van der Waals surface area contributed by atoms with E-state index in [2.05, 4.69) is 111 Å². The monoisotopic (exact) mass is 536 g/mol. The van der Waals surface area contributed by atoms with Crippen LogP contribution in [-0.2, 0) is 0 Å². The van der Waals surface area contributed by atoms with Crippen LogP contribution in [0.2, 0.25) is 0 Å². The third-order valence-corrected chi connectivity index (χ3v) is 8.51. The Balaban J connectivity index is 0. The van der Waals surface area contributed by atoms with E-state index in [1.54, 1.807) is 0 Å². The van der Waals surface area contributed by atoms with Crippen molar-refractivity contribution in [3.05, 3.63) is 35.4 Å². The van der Waals surface area contributed by atoms with Crippen molar-refractivity contribution in [1.82, 2.24) is 0 Å². The zero-order chi connectivity index (χ0) is 30.8. The van der Waals surface area contributed by atoms with Gasteiger partial charge in [0.1, 0.15) is 0 Å². The van der Waals surface area contributed by atoms with E-state index in [4.69, 9.17) is 0 Å². The highest BCUT2D eigenvalue weighted by Crippen LogP contribution is 2.29. The Bertz CT molecular complexity index is 678. The summed E-state index contributed by atoms with van der Waals surface area (Å²) in [5, 5.41) is 20.4. The van der Waals surface area contributed by atoms with E-state index in [-0.39, 0.29) is 11.1 Å². The average molecular weight is 537 g/mol. The van der Waals surface area contributed by atoms with E-state index in [0.29, 0.717) is 48.3 Å². The minimum absolute atomic E-state index is 0.0556. The molecule has 0 atom stereocenters. The molecule has 0 aliphatic heterocycles. The van der Waals surface area contributed by atoms with E-state index in [9.17, 15) is 19.8 Å². The predicted molar refractivity (Wildman–Crippen MR) is 157 cm³/mol. The van der Waals surface area contributed by atoms with E-state index in [1.165, 1.54) is 8.97 Å². The summed E-state index contributed by atoms with van der Waals surface area (Å²) in [6, 6.07) is 10.3. The van der Waals surface area contributed by atoms with Crippen molar-refractivity contribution in [2.75, 3.05) is 0 Å². The molecule has 0 N–H and O–H groups in total. The number of hydrogen-bond donors (Lipinski definition) is 0. The maximum Gasteiger partial charge on any atom is 0.0839 e. The predicted octanol–water partition coefficient (Wildman–Crippen LogP) is 5.29. The fourth-order valence-electron chi connectivity index (χ4n) is 7.90. The molecular weight excluding hydrogens is 476 g/mol. The van der Waals surface area contributed by atoms with Gasteiger partial charge in [-0.1, -0.05) is 24.3 Å². The van der Waals surface area contributed by atoms with Crippen molar-refractivity contribution in [3.8, 4) is 0 Å². The summed E-state index contributed by atoms with van der Waals surface area (Å²) >= 11 is 0. The van der Waals surface area contributed by atoms with Gasteiger partial charge < -0.3 is 28.8 Å². The zero-order valence-electron chi connectivity index (χ0n) is 27.5. The van der Waals surface area contributed by atoms with E-state index in [1.807, 2.05) is 0 Å². The van der Waals surface area contributed by atoms with Gasteiger partial charge in [0.05, 0.1) is 60.3 Å². The van der Waals surface area contributed by atoms with Crippen LogP contribution < -0.4 is 10.2 Å². The van der Waals surface area contributed by atoms with Crippen LogP contribution in [0.4, 0.5) is 0 Å². The average Bonchev–Trinajstić information content (AvgIpc) is 2.73. The molecule has 6 heteroatoms. The summed E-state index contributed by atoms with van der Waals surface area (Å²) in [6.45, 7) is 37.6. The van der Waals surface area contributed by atoms with Crippen LogP contribution in [-0.4, -0.2) is 69.2 Å². The number of hydrogen-bond acceptors (Lipinski definition) is 4. The first-order valence-electron chi connectivity index (χ1n) is 14.4. The topological polar surface area (TPSA) is 80.3 Å². The number of carboxylic acid groups (broad SMARTS) is 2. The molecule has 0 bridgehead atoms. The number of rotatable bonds is 10. The highest BCUT2D eigenvalue weighted by Gasteiger charge is 2.41. The number of carbonyl (C=O) groups excluding carboxylic acids is 2. The van der Waals surface area contributed by atoms with Gasteiger partial charge in [0.15, 0.2) is 0 Å². The molecular formula is C32H60N2O4. The molecule has 0 spiro atoms. The van der Waals surface area contributed by atoms with Crippen molar-refractivity contribution in [2.24, 2.45) is 0 Å². The standard InChI is InChI=1S/2C12H28N.C8H6O4/c2*1-9(2)13(10(3)4,11(5)6)12(7)8;9-7(10)5-1-2-6(4-3-5)8(11)12/h2*9-12H,1-8H3;1-4H,(H,9,10)(H,11,12)/q2*+1;/p-2. The Morgan fingerprint density at radius 3 is 0.605 bits per heavy atom. The molecule has 1 rings (SSSR count). The van der Waals surface area contributed by atoms with Gasteiger partial charge in [0, 0.05) is 0 Å². The number of nitrogens with zero attached hydrogens (tertiary/aromatic N) is 2. The lowest BCUT2D eigenvalue weighted by Crippen LogP contribution is -2.65. The van der Waals surface area contributed by atoms with Gasteiger partial charge in [0.2, 0.25) is 0 Å². The molecule has 0 saturated carbocycles. The molecule has 38 heavy (non-hydrogen) atoms. The van der Waals surface area contributed by atoms with Gasteiger partial charge >= 0.3 is 0 Å². The van der Waals surface area contributed by atoms with Crippen molar-refractivity contribution >= 4 is 11.9 Å². The molecule has 222 valence electrons. The summed E-state index contributed by atoms with van der Waals surface area (Å²) in [7, 11) is 0. The maximum atomic E-state index is 10.2. The summed E-state index contributed by atoms with van der Waals surface area (Å²) in [5.41, 5.74) is -0.111. The van der Waals surface area contributed by atoms with Gasteiger partial charge in [-0.15, -0.1) is 0 Å². The number of quaternary nitrogens is 2. The molecule has 0 fully saturated rings. The highest BCUT2D eigenvalue weighted by molar-refractivity contribution is 5.89. The lowest BCUT2D eigenvalue weighted by atomic mass is 10.0. The molecule has 0 amide bonds. The lowest BCUT2D eigenvalue weighted by Gasteiger charge is -2.52. The fraction of sp³-hybridized carbons (Fsp3) is 0.750. The summed E-state index contributed by atoms with van der Waals surface area (Å²) in [4.78, 5) is 20.4. The molecule has 1 aromatic carbocycles. The van der Waals surface area contributed by atoms with Gasteiger partial charge in [-0.05, 0) is 122 Å². The number of benzene rings is 1. The van der Waals surface area contributed by atoms with Crippen molar-refractivity contribution in [1.29, 1.82) is 0 Å². The first-order chi connectivity index (χ1) is 17.2. The maximum absolute atomic E-state index is 10.2. The molecule has 0 aromatic heterocycles. The summed E-state index contributed by atoms with van der Waals surface area (Å²) < 4.78 is 2.44. The molecule has 0 unspecified atom stereocenters. The number of aromatic carboxylic acids is 2. The lowest BCUT2D eigenvalue weighted by molar-refractivity contribution is -1.00. The Morgan fingerprint density at radius 1 is 0.421 bits per heavy atom. The molecule has 0 radical (unpaired) electrons. The van der Waals surface area contributed by atoms with Crippen molar-refractivity contribution in [3.63, 3.8) is 0 Å². The van der Waals surface area contributed by atoms with Crippen LogP contribution in [0.25, 0.3) is 0 Å². The Labute approximate surface area is 235 Å². The zero-order valence-corrected chi connectivity index (χ0v) is 27.5. The van der Waals surface area contributed by atoms with Crippen LogP contribution in [0.1, 0.15) is 131 Å². The fourth-order valence-corrected chi connectivity index (χ4v) is 7.90. The van der Waals surface area contributed by atoms with Crippen LogP contribution in [0.5, 0.6) is 0 Å². The van der Waals surface area contributed by atoms with Gasteiger partial charge in [-0.3, -0.25) is 0 Å². The highest BCUT2D eigenvalue weighted by atomic mass is 16.4. The van der Waals surface area contributed by atoms with Gasteiger partial charge in [0.25, 0.3) is 0 Å². The molecule has 6 nitrogen and oxygen atoms in total. The minimum Gasteiger partial charge on any atom is -0.545 e. The third-order valence-electron chi connectivity index (χ3n) is 8.51. The van der Waals surface area contributed by atoms with Gasteiger partial charge in [-0.2, -0.15) is 0 Å². The summed E-state index contributed by atoms with van der Waals surface area (Å²) in [5.74, 6) is -2.67. The Hall–Kier alpha value is -1.92. The van der Waals surface area contributed by atoms with Gasteiger partial charge in [-0.25, -0.2) is 0 Å². The largest absolute Gasteiger partial charge is 0.545 e. The van der Waals surface area contributed by atoms with Crippen molar-refractivity contribution < 1.29 is 28.8 Å². The normalized spacial score (nSPS) is 12.4. The third kappa shape index (κ3) is 9.08. The second kappa shape index (κ2) is 16.2. The molecule has 0 saturated heterocycles. The number of carboxylic acids is 2. The first kappa shape index (κ1) is 38.2. The minimum atomic E-state index is -1.33. The Morgan fingerprint density at radius 2 is 0.553 bits per heavy atom. The molecule has 1 aromatic rings. The summed E-state index contributed by atoms with van der Waals surface area (Å²) in [6.07, 6.45) is 0. The van der Waals surface area contributed by atoms with Crippen LogP contribution in [0.3, 0.4) is 0 Å².